The number of carbonyl (C=O) groups is 2. The summed E-state index contributed by atoms with van der Waals surface area (Å²) in [6.45, 7) is 1.95. The van der Waals surface area contributed by atoms with E-state index in [0.29, 0.717) is 11.4 Å². The molecule has 24 heavy (non-hydrogen) atoms. The molecule has 4 rings (SSSR count). The van der Waals surface area contributed by atoms with Crippen molar-refractivity contribution in [2.24, 2.45) is 11.1 Å². The van der Waals surface area contributed by atoms with Gasteiger partial charge in [-0.05, 0) is 31.2 Å². The van der Waals surface area contributed by atoms with Crippen LogP contribution in [-0.2, 0) is 14.4 Å². The van der Waals surface area contributed by atoms with Crippen LogP contribution in [0.5, 0.6) is 0 Å². The van der Waals surface area contributed by atoms with Crippen molar-refractivity contribution >= 4 is 39.1 Å². The first-order valence-corrected chi connectivity index (χ1v) is 8.30. The number of nitrogens with zero attached hydrogens (tertiary/aromatic N) is 2. The monoisotopic (exact) mass is 384 g/mol. The van der Waals surface area contributed by atoms with Gasteiger partial charge in [0.05, 0.1) is 5.69 Å². The van der Waals surface area contributed by atoms with Gasteiger partial charge in [0, 0.05) is 10.0 Å². The van der Waals surface area contributed by atoms with E-state index in [1.165, 1.54) is 4.90 Å². The number of rotatable bonds is 2. The van der Waals surface area contributed by atoms with Crippen LogP contribution in [0.1, 0.15) is 11.1 Å². The number of imide groups is 1. The molecule has 0 spiro atoms. The number of oxime groups is 1. The van der Waals surface area contributed by atoms with Crippen LogP contribution in [0.3, 0.4) is 0 Å². The van der Waals surface area contributed by atoms with Crippen LogP contribution >= 0.6 is 15.9 Å². The summed E-state index contributed by atoms with van der Waals surface area (Å²) in [5.41, 5.74) is 2.90. The van der Waals surface area contributed by atoms with Crippen LogP contribution in [0.15, 0.2) is 58.2 Å². The molecule has 5 nitrogen and oxygen atoms in total. The van der Waals surface area contributed by atoms with Gasteiger partial charge < -0.3 is 4.84 Å². The van der Waals surface area contributed by atoms with Crippen LogP contribution in [0.4, 0.5) is 5.69 Å². The molecule has 0 N–H and O–H groups in total. The fourth-order valence-corrected chi connectivity index (χ4v) is 3.25. The smallest absolute Gasteiger partial charge is 0.278 e. The first-order chi connectivity index (χ1) is 11.6. The standard InChI is InChI=1S/C18H13BrN2O3/c1-10-2-8-13(9-3-10)21-17(22)14-15(20-24-16(14)18(21)23)11-4-6-12(19)7-5-11/h2-9,14,16H,1H3/t14-,16-/m1/s1. The van der Waals surface area contributed by atoms with Crippen molar-refractivity contribution in [2.75, 3.05) is 4.90 Å². The van der Waals surface area contributed by atoms with E-state index in [2.05, 4.69) is 21.1 Å². The molecule has 1 fully saturated rings. The third-order valence-electron chi connectivity index (χ3n) is 4.24. The number of hydrogen-bond donors (Lipinski definition) is 0. The normalized spacial score (nSPS) is 22.4. The summed E-state index contributed by atoms with van der Waals surface area (Å²) in [7, 11) is 0. The Labute approximate surface area is 147 Å². The van der Waals surface area contributed by atoms with Crippen molar-refractivity contribution in [3.63, 3.8) is 0 Å². The largest absolute Gasteiger partial charge is 0.381 e. The zero-order chi connectivity index (χ0) is 16.8. The second-order valence-electron chi connectivity index (χ2n) is 5.83. The molecule has 0 bridgehead atoms. The van der Waals surface area contributed by atoms with E-state index in [0.717, 1.165) is 15.6 Å². The average molecular weight is 385 g/mol. The molecule has 2 heterocycles. The number of halogens is 1. The summed E-state index contributed by atoms with van der Waals surface area (Å²) in [4.78, 5) is 32.0. The molecule has 2 amide bonds. The third kappa shape index (κ3) is 2.26. The molecule has 120 valence electrons. The molecule has 0 aromatic heterocycles. The Bertz CT molecular complexity index is 859. The molecular weight excluding hydrogens is 372 g/mol. The Morgan fingerprint density at radius 2 is 1.67 bits per heavy atom. The number of fused-ring (bicyclic) bond motifs is 1. The number of amides is 2. The molecule has 0 unspecified atom stereocenters. The minimum Gasteiger partial charge on any atom is -0.381 e. The van der Waals surface area contributed by atoms with Crippen molar-refractivity contribution in [2.45, 2.75) is 13.0 Å². The Balaban J connectivity index is 1.69. The van der Waals surface area contributed by atoms with Gasteiger partial charge in [-0.15, -0.1) is 0 Å². The third-order valence-corrected chi connectivity index (χ3v) is 4.77. The van der Waals surface area contributed by atoms with E-state index in [1.54, 1.807) is 12.1 Å². The van der Waals surface area contributed by atoms with Crippen molar-refractivity contribution in [1.29, 1.82) is 0 Å². The number of aryl methyl sites for hydroxylation is 1. The van der Waals surface area contributed by atoms with E-state index in [-0.39, 0.29) is 11.8 Å². The van der Waals surface area contributed by atoms with E-state index < -0.39 is 12.0 Å². The topological polar surface area (TPSA) is 59.0 Å². The van der Waals surface area contributed by atoms with Crippen LogP contribution in [0.25, 0.3) is 0 Å². The SMILES string of the molecule is Cc1ccc(N2C(=O)[C@@H]3C(c4ccc(Br)cc4)=NO[C@H]3C2=O)cc1. The lowest BCUT2D eigenvalue weighted by Gasteiger charge is -2.15. The van der Waals surface area contributed by atoms with E-state index >= 15 is 0 Å². The highest BCUT2D eigenvalue weighted by Gasteiger charge is 2.56. The maximum atomic E-state index is 12.9. The Morgan fingerprint density at radius 1 is 1.00 bits per heavy atom. The lowest BCUT2D eigenvalue weighted by atomic mass is 9.94. The van der Waals surface area contributed by atoms with Crippen LogP contribution in [0.2, 0.25) is 0 Å². The lowest BCUT2D eigenvalue weighted by molar-refractivity contribution is -0.126. The zero-order valence-corrected chi connectivity index (χ0v) is 14.4. The van der Waals surface area contributed by atoms with E-state index in [1.807, 2.05) is 43.3 Å². The molecule has 2 aliphatic heterocycles. The van der Waals surface area contributed by atoms with Crippen LogP contribution in [0, 0.1) is 12.8 Å². The molecule has 1 saturated heterocycles. The minimum absolute atomic E-state index is 0.298. The summed E-state index contributed by atoms with van der Waals surface area (Å²) in [5, 5.41) is 4.00. The molecule has 2 aromatic rings. The molecule has 0 radical (unpaired) electrons. The van der Waals surface area contributed by atoms with E-state index in [9.17, 15) is 9.59 Å². The summed E-state index contributed by atoms with van der Waals surface area (Å²) < 4.78 is 0.928. The Morgan fingerprint density at radius 3 is 2.33 bits per heavy atom. The summed E-state index contributed by atoms with van der Waals surface area (Å²) in [6, 6.07) is 14.7. The summed E-state index contributed by atoms with van der Waals surface area (Å²) >= 11 is 3.38. The van der Waals surface area contributed by atoms with E-state index in [4.69, 9.17) is 4.84 Å². The second-order valence-corrected chi connectivity index (χ2v) is 6.75. The van der Waals surface area contributed by atoms with Crippen molar-refractivity contribution in [3.8, 4) is 0 Å². The van der Waals surface area contributed by atoms with Gasteiger partial charge in [-0.2, -0.15) is 0 Å². The summed E-state index contributed by atoms with van der Waals surface area (Å²) in [5.74, 6) is -1.36. The molecule has 2 aromatic carbocycles. The molecule has 6 heteroatoms. The zero-order valence-electron chi connectivity index (χ0n) is 12.8. The van der Waals surface area contributed by atoms with Gasteiger partial charge in [-0.25, -0.2) is 4.90 Å². The number of benzene rings is 2. The fraction of sp³-hybridized carbons (Fsp3) is 0.167. The van der Waals surface area contributed by atoms with Crippen molar-refractivity contribution in [3.05, 3.63) is 64.1 Å². The van der Waals surface area contributed by atoms with Crippen LogP contribution in [-0.4, -0.2) is 23.6 Å². The van der Waals surface area contributed by atoms with Gasteiger partial charge in [0.15, 0.2) is 0 Å². The minimum atomic E-state index is -0.877. The number of anilines is 1. The maximum absolute atomic E-state index is 12.9. The lowest BCUT2D eigenvalue weighted by Crippen LogP contribution is -2.33. The summed E-state index contributed by atoms with van der Waals surface area (Å²) in [6.07, 6.45) is -0.877. The van der Waals surface area contributed by atoms with Gasteiger partial charge in [0.2, 0.25) is 12.0 Å². The highest BCUT2D eigenvalue weighted by molar-refractivity contribution is 9.10. The molecule has 0 saturated carbocycles. The van der Waals surface area contributed by atoms with Crippen molar-refractivity contribution < 1.29 is 14.4 Å². The second kappa shape index (κ2) is 5.56. The van der Waals surface area contributed by atoms with Gasteiger partial charge in [0.1, 0.15) is 11.6 Å². The number of carbonyl (C=O) groups excluding carboxylic acids is 2. The Kier molecular flexibility index (Phi) is 3.49. The maximum Gasteiger partial charge on any atom is 0.278 e. The predicted octanol–water partition coefficient (Wildman–Crippen LogP) is 3.05. The molecule has 0 aliphatic carbocycles. The van der Waals surface area contributed by atoms with Gasteiger partial charge in [0.25, 0.3) is 5.91 Å². The van der Waals surface area contributed by atoms with Gasteiger partial charge >= 0.3 is 0 Å². The Hall–Kier alpha value is -2.47. The van der Waals surface area contributed by atoms with Crippen LogP contribution < -0.4 is 4.90 Å². The number of hydrogen-bond acceptors (Lipinski definition) is 4. The van der Waals surface area contributed by atoms with Gasteiger partial charge in [-0.1, -0.05) is 50.9 Å². The molecule has 2 atom stereocenters. The predicted molar refractivity (Wildman–Crippen MR) is 92.7 cm³/mol. The highest BCUT2D eigenvalue weighted by atomic mass is 79.9. The van der Waals surface area contributed by atoms with Crippen molar-refractivity contribution in [1.82, 2.24) is 0 Å². The quantitative estimate of drug-likeness (QED) is 0.747. The average Bonchev–Trinajstić information content (AvgIpc) is 3.11. The molecular formula is C18H13BrN2O3. The first kappa shape index (κ1) is 15.1. The van der Waals surface area contributed by atoms with Gasteiger partial charge in [-0.3, -0.25) is 9.59 Å². The molecule has 2 aliphatic rings. The highest BCUT2D eigenvalue weighted by Crippen LogP contribution is 2.35. The first-order valence-electron chi connectivity index (χ1n) is 7.50. The fourth-order valence-electron chi connectivity index (χ4n) is 2.98.